The molecule has 0 aliphatic rings. The van der Waals surface area contributed by atoms with E-state index < -0.39 is 23.1 Å². The summed E-state index contributed by atoms with van der Waals surface area (Å²) in [7, 11) is 0.917. The molecule has 0 aliphatic carbocycles. The van der Waals surface area contributed by atoms with E-state index in [9.17, 15) is 22.8 Å². The molecule has 130 valence electrons. The van der Waals surface area contributed by atoms with Crippen LogP contribution in [0.5, 0.6) is 5.75 Å². The van der Waals surface area contributed by atoms with Crippen LogP contribution in [-0.4, -0.2) is 15.7 Å². The van der Waals surface area contributed by atoms with E-state index in [-0.39, 0.29) is 23.6 Å². The number of ether oxygens (including phenoxy) is 1. The van der Waals surface area contributed by atoms with Crippen LogP contribution >= 0.6 is 0 Å². The average Bonchev–Trinajstić information content (AvgIpc) is 2.55. The second kappa shape index (κ2) is 6.68. The van der Waals surface area contributed by atoms with Crippen LogP contribution in [0.15, 0.2) is 46.5 Å². The summed E-state index contributed by atoms with van der Waals surface area (Å²) in [5.74, 6) is 0.0775. The number of alkyl halides is 3. The quantitative estimate of drug-likeness (QED) is 0.790. The first-order valence-corrected chi connectivity index (χ1v) is 6.89. The lowest BCUT2D eigenvalue weighted by atomic mass is 10.2. The van der Waals surface area contributed by atoms with Crippen molar-refractivity contribution in [3.8, 4) is 17.5 Å². The molecular weight excluding hydrogens is 339 g/mol. The van der Waals surface area contributed by atoms with Gasteiger partial charge in [0.2, 0.25) is 0 Å². The molecule has 0 saturated heterocycles. The molecule has 0 unspecified atom stereocenters. The number of halogens is 3. The van der Waals surface area contributed by atoms with Gasteiger partial charge < -0.3 is 4.74 Å². The van der Waals surface area contributed by atoms with E-state index in [1.165, 1.54) is 24.3 Å². The minimum atomic E-state index is -4.84. The summed E-state index contributed by atoms with van der Waals surface area (Å²) < 4.78 is 44.8. The zero-order chi connectivity index (χ0) is 18.8. The normalized spacial score (nSPS) is 11.0. The first-order valence-electron chi connectivity index (χ1n) is 6.89. The largest absolute Gasteiger partial charge is 0.488 e. The number of rotatable bonds is 4. The van der Waals surface area contributed by atoms with Crippen molar-refractivity contribution in [3.63, 3.8) is 0 Å². The van der Waals surface area contributed by atoms with E-state index in [2.05, 4.69) is 6.58 Å². The molecule has 2 rings (SSSR count). The molecule has 0 fully saturated rings. The molecule has 0 radical (unpaired) electrons. The molecule has 0 N–H and O–H groups in total. The number of nitrogens with zero attached hydrogens (tertiary/aromatic N) is 3. The topological polar surface area (TPSA) is 77.0 Å². The van der Waals surface area contributed by atoms with Gasteiger partial charge in [-0.3, -0.25) is 9.36 Å². The van der Waals surface area contributed by atoms with Gasteiger partial charge >= 0.3 is 11.9 Å². The lowest BCUT2D eigenvalue weighted by Gasteiger charge is -2.14. The van der Waals surface area contributed by atoms with E-state index in [0.717, 1.165) is 7.05 Å². The molecule has 1 aromatic carbocycles. The summed E-state index contributed by atoms with van der Waals surface area (Å²) in [4.78, 5) is 24.3. The molecule has 1 heterocycles. The van der Waals surface area contributed by atoms with Crippen LogP contribution in [0.4, 0.5) is 13.2 Å². The third-order valence-electron chi connectivity index (χ3n) is 3.31. The van der Waals surface area contributed by atoms with Crippen LogP contribution < -0.4 is 16.0 Å². The third kappa shape index (κ3) is 3.47. The van der Waals surface area contributed by atoms with E-state index >= 15 is 0 Å². The summed E-state index contributed by atoms with van der Waals surface area (Å²) in [6.07, 6.45) is -3.41. The van der Waals surface area contributed by atoms with E-state index in [1.54, 1.807) is 0 Å². The van der Waals surface area contributed by atoms with Crippen LogP contribution in [0.2, 0.25) is 0 Å². The monoisotopic (exact) mass is 351 g/mol. The van der Waals surface area contributed by atoms with Crippen molar-refractivity contribution in [2.45, 2.75) is 6.18 Å². The molecule has 9 heteroatoms. The van der Waals surface area contributed by atoms with Gasteiger partial charge in [-0.1, -0.05) is 12.7 Å². The van der Waals surface area contributed by atoms with Gasteiger partial charge in [-0.05, 0) is 12.1 Å². The fraction of sp³-hybridized carbons (Fsp3) is 0.188. The number of hydrogen-bond donors (Lipinski definition) is 0. The van der Waals surface area contributed by atoms with Crippen LogP contribution in [0.1, 0.15) is 11.3 Å². The highest BCUT2D eigenvalue weighted by Gasteiger charge is 2.35. The van der Waals surface area contributed by atoms with Crippen molar-refractivity contribution in [2.75, 3.05) is 6.61 Å². The molecular formula is C16H12F3N3O3. The summed E-state index contributed by atoms with van der Waals surface area (Å²) in [5, 5.41) is 9.04. The highest BCUT2D eigenvalue weighted by atomic mass is 19.4. The second-order valence-corrected chi connectivity index (χ2v) is 4.93. The lowest BCUT2D eigenvalue weighted by Crippen LogP contribution is -2.40. The zero-order valence-corrected chi connectivity index (χ0v) is 13.0. The lowest BCUT2D eigenvalue weighted by molar-refractivity contribution is -0.144. The molecule has 0 atom stereocenters. The van der Waals surface area contributed by atoms with Gasteiger partial charge in [-0.25, -0.2) is 9.36 Å². The molecule has 2 aromatic rings. The Hall–Kier alpha value is -3.28. The van der Waals surface area contributed by atoms with E-state index in [1.807, 2.05) is 6.07 Å². The maximum absolute atomic E-state index is 12.9. The summed E-state index contributed by atoms with van der Waals surface area (Å²) in [6.45, 7) is 3.53. The van der Waals surface area contributed by atoms with E-state index in [0.29, 0.717) is 15.2 Å². The molecule has 25 heavy (non-hydrogen) atoms. The van der Waals surface area contributed by atoms with Crippen molar-refractivity contribution in [3.05, 3.63) is 69.0 Å². The number of aromatic nitrogens is 2. The predicted molar refractivity (Wildman–Crippen MR) is 82.7 cm³/mol. The SMILES string of the molecule is C=CCOc1cc(-n2c(=O)cc(C(F)(F)F)n(C)c2=O)ccc1C#N. The van der Waals surface area contributed by atoms with Gasteiger partial charge in [-0.15, -0.1) is 0 Å². The smallest absolute Gasteiger partial charge is 0.431 e. The van der Waals surface area contributed by atoms with Crippen LogP contribution in [0, 0.1) is 11.3 Å². The Morgan fingerprint density at radius 1 is 1.32 bits per heavy atom. The minimum absolute atomic E-state index is 0.0163. The molecule has 0 aliphatic heterocycles. The van der Waals surface area contributed by atoms with Gasteiger partial charge in [0.15, 0.2) is 0 Å². The number of hydrogen-bond acceptors (Lipinski definition) is 4. The van der Waals surface area contributed by atoms with Crippen LogP contribution in [0.25, 0.3) is 5.69 Å². The first-order chi connectivity index (χ1) is 11.7. The molecule has 0 amide bonds. The van der Waals surface area contributed by atoms with Gasteiger partial charge in [-0.2, -0.15) is 18.4 Å². The molecule has 6 nitrogen and oxygen atoms in total. The summed E-state index contributed by atoms with van der Waals surface area (Å²) in [5.41, 5.74) is -3.54. The van der Waals surface area contributed by atoms with Gasteiger partial charge in [0.25, 0.3) is 5.56 Å². The summed E-state index contributed by atoms with van der Waals surface area (Å²) >= 11 is 0. The Bertz CT molecular complexity index is 981. The molecule has 0 saturated carbocycles. The highest BCUT2D eigenvalue weighted by molar-refractivity contribution is 5.50. The summed E-state index contributed by atoms with van der Waals surface area (Å²) in [6, 6.07) is 6.02. The fourth-order valence-electron chi connectivity index (χ4n) is 2.15. The number of nitriles is 1. The predicted octanol–water partition coefficient (Wildman–Crippen LogP) is 1.99. The maximum atomic E-state index is 12.9. The minimum Gasteiger partial charge on any atom is -0.488 e. The van der Waals surface area contributed by atoms with Crippen molar-refractivity contribution in [1.29, 1.82) is 5.26 Å². The second-order valence-electron chi connectivity index (χ2n) is 4.93. The highest BCUT2D eigenvalue weighted by Crippen LogP contribution is 2.27. The van der Waals surface area contributed by atoms with Crippen molar-refractivity contribution < 1.29 is 17.9 Å². The molecule has 0 bridgehead atoms. The van der Waals surface area contributed by atoms with Crippen LogP contribution in [-0.2, 0) is 13.2 Å². The molecule has 1 aromatic heterocycles. The Kier molecular flexibility index (Phi) is 4.83. The third-order valence-corrected chi connectivity index (χ3v) is 3.31. The zero-order valence-electron chi connectivity index (χ0n) is 13.0. The van der Waals surface area contributed by atoms with E-state index in [4.69, 9.17) is 10.00 Å². The average molecular weight is 351 g/mol. The van der Waals surface area contributed by atoms with Crippen molar-refractivity contribution in [1.82, 2.24) is 9.13 Å². The standard InChI is InChI=1S/C16H12F3N3O3/c1-3-6-25-12-7-11(5-4-10(12)9-20)22-14(23)8-13(16(17,18)19)21(2)15(22)24/h3-5,7-8H,1,6H2,2H3. The fourth-order valence-corrected chi connectivity index (χ4v) is 2.15. The Balaban J connectivity index is 2.70. The Morgan fingerprint density at radius 2 is 2.00 bits per heavy atom. The maximum Gasteiger partial charge on any atom is 0.431 e. The van der Waals surface area contributed by atoms with Gasteiger partial charge in [0.1, 0.15) is 24.1 Å². The Labute approximate surface area is 139 Å². The number of benzene rings is 1. The molecule has 0 spiro atoms. The first kappa shape index (κ1) is 18.1. The Morgan fingerprint density at radius 3 is 2.56 bits per heavy atom. The van der Waals surface area contributed by atoms with Gasteiger partial charge in [0, 0.05) is 19.2 Å². The van der Waals surface area contributed by atoms with Crippen LogP contribution in [0.3, 0.4) is 0 Å². The van der Waals surface area contributed by atoms with Gasteiger partial charge in [0.05, 0.1) is 11.3 Å². The van der Waals surface area contributed by atoms with Crippen molar-refractivity contribution in [2.24, 2.45) is 7.05 Å². The van der Waals surface area contributed by atoms with Crippen molar-refractivity contribution >= 4 is 0 Å².